The van der Waals surface area contributed by atoms with E-state index < -0.39 is 0 Å². The Bertz CT molecular complexity index is 136. The summed E-state index contributed by atoms with van der Waals surface area (Å²) in [7, 11) is 0. The first-order valence-corrected chi connectivity index (χ1v) is 3.05. The van der Waals surface area contributed by atoms with Crippen LogP contribution in [0.4, 0.5) is 0 Å². The SMILES string of the molecule is Cc1[c]sc(C)c1. The highest BCUT2D eigenvalue weighted by Gasteiger charge is 1.85. The van der Waals surface area contributed by atoms with E-state index in [0.29, 0.717) is 0 Å². The van der Waals surface area contributed by atoms with E-state index in [1.165, 1.54) is 10.4 Å². The average Bonchev–Trinajstić information content (AvgIpc) is 1.87. The lowest BCUT2D eigenvalue weighted by Crippen LogP contribution is -1.53. The van der Waals surface area contributed by atoms with Gasteiger partial charge in [0.15, 0.2) is 0 Å². The molecule has 0 fully saturated rings. The molecule has 1 aromatic rings. The highest BCUT2D eigenvalue weighted by molar-refractivity contribution is 7.09. The minimum absolute atomic E-state index is 1.25. The Kier molecular flexibility index (Phi) is 1.15. The van der Waals surface area contributed by atoms with Crippen LogP contribution in [0.5, 0.6) is 0 Å². The molecule has 0 saturated carbocycles. The zero-order valence-electron chi connectivity index (χ0n) is 4.49. The van der Waals surface area contributed by atoms with Crippen molar-refractivity contribution in [2.75, 3.05) is 0 Å². The van der Waals surface area contributed by atoms with Crippen LogP contribution in [-0.2, 0) is 0 Å². The molecule has 1 aromatic heterocycles. The molecule has 37 valence electrons. The lowest BCUT2D eigenvalue weighted by atomic mass is 10.4. The van der Waals surface area contributed by atoms with Gasteiger partial charge >= 0.3 is 0 Å². The van der Waals surface area contributed by atoms with E-state index in [9.17, 15) is 0 Å². The van der Waals surface area contributed by atoms with Gasteiger partial charge in [-0.15, -0.1) is 11.3 Å². The molecular weight excluding hydrogens is 104 g/mol. The average molecular weight is 111 g/mol. The third kappa shape index (κ3) is 1.03. The third-order valence-corrected chi connectivity index (χ3v) is 1.66. The van der Waals surface area contributed by atoms with Crippen molar-refractivity contribution in [3.63, 3.8) is 0 Å². The standard InChI is InChI=1S/C6H7S/c1-5-3-6(2)7-4-5/h3H,1-2H3. The third-order valence-electron chi connectivity index (χ3n) is 0.793. The highest BCUT2D eigenvalue weighted by Crippen LogP contribution is 2.09. The second-order valence-electron chi connectivity index (χ2n) is 1.64. The first kappa shape index (κ1) is 4.85. The molecule has 0 N–H and O–H groups in total. The van der Waals surface area contributed by atoms with Crippen molar-refractivity contribution >= 4 is 11.3 Å². The van der Waals surface area contributed by atoms with Gasteiger partial charge in [0.1, 0.15) is 0 Å². The van der Waals surface area contributed by atoms with Gasteiger partial charge in [-0.3, -0.25) is 0 Å². The van der Waals surface area contributed by atoms with E-state index >= 15 is 0 Å². The molecule has 0 amide bonds. The maximum atomic E-state index is 3.11. The van der Waals surface area contributed by atoms with Crippen LogP contribution in [-0.4, -0.2) is 0 Å². The highest BCUT2D eigenvalue weighted by atomic mass is 32.1. The van der Waals surface area contributed by atoms with Gasteiger partial charge in [0.25, 0.3) is 0 Å². The van der Waals surface area contributed by atoms with Crippen molar-refractivity contribution in [3.8, 4) is 0 Å². The van der Waals surface area contributed by atoms with Crippen molar-refractivity contribution in [1.29, 1.82) is 0 Å². The molecule has 0 spiro atoms. The normalized spacial score (nSPS) is 9.43. The van der Waals surface area contributed by atoms with E-state index in [1.807, 2.05) is 0 Å². The lowest BCUT2D eigenvalue weighted by Gasteiger charge is -1.69. The molecule has 0 aliphatic rings. The lowest BCUT2D eigenvalue weighted by molar-refractivity contribution is 1.50. The topological polar surface area (TPSA) is 0 Å². The number of hydrogen-bond donors (Lipinski definition) is 0. The van der Waals surface area contributed by atoms with Gasteiger partial charge in [0.2, 0.25) is 0 Å². The van der Waals surface area contributed by atoms with E-state index in [-0.39, 0.29) is 0 Å². The summed E-state index contributed by atoms with van der Waals surface area (Å²) in [6.07, 6.45) is 0. The molecular formula is C6H7S. The van der Waals surface area contributed by atoms with Crippen molar-refractivity contribution < 1.29 is 0 Å². The second kappa shape index (κ2) is 1.66. The number of aryl methyl sites for hydroxylation is 2. The summed E-state index contributed by atoms with van der Waals surface area (Å²) in [6, 6.07) is 2.13. The van der Waals surface area contributed by atoms with Crippen LogP contribution in [0.1, 0.15) is 10.4 Å². The molecule has 0 unspecified atom stereocenters. The van der Waals surface area contributed by atoms with Crippen LogP contribution in [0.3, 0.4) is 0 Å². The predicted molar refractivity (Wildman–Crippen MR) is 32.6 cm³/mol. The Labute approximate surface area is 47.8 Å². The maximum Gasteiger partial charge on any atom is 0.0477 e. The summed E-state index contributed by atoms with van der Waals surface area (Å²) < 4.78 is 0. The van der Waals surface area contributed by atoms with Crippen molar-refractivity contribution in [2.24, 2.45) is 0 Å². The van der Waals surface area contributed by atoms with Crippen molar-refractivity contribution in [3.05, 3.63) is 21.9 Å². The fourth-order valence-electron chi connectivity index (χ4n) is 0.525. The van der Waals surface area contributed by atoms with Crippen molar-refractivity contribution in [2.45, 2.75) is 13.8 Å². The van der Waals surface area contributed by atoms with Gasteiger partial charge in [-0.25, -0.2) is 0 Å². The van der Waals surface area contributed by atoms with Gasteiger partial charge in [-0.2, -0.15) is 0 Å². The summed E-state index contributed by atoms with van der Waals surface area (Å²) in [5.41, 5.74) is 1.25. The molecule has 1 radical (unpaired) electrons. The van der Waals surface area contributed by atoms with Crippen molar-refractivity contribution in [1.82, 2.24) is 0 Å². The predicted octanol–water partition coefficient (Wildman–Crippen LogP) is 2.17. The minimum Gasteiger partial charge on any atom is -0.139 e. The van der Waals surface area contributed by atoms with Gasteiger partial charge in [-0.05, 0) is 25.5 Å². The summed E-state index contributed by atoms with van der Waals surface area (Å²) >= 11 is 1.68. The van der Waals surface area contributed by atoms with Crippen LogP contribution >= 0.6 is 11.3 Å². The number of thiophene rings is 1. The summed E-state index contributed by atoms with van der Waals surface area (Å²) in [4.78, 5) is 1.34. The molecule has 1 rings (SSSR count). The Balaban J connectivity index is 3.04. The largest absolute Gasteiger partial charge is 0.139 e. The molecule has 7 heavy (non-hydrogen) atoms. The van der Waals surface area contributed by atoms with Crippen LogP contribution in [0.2, 0.25) is 0 Å². The molecule has 0 nitrogen and oxygen atoms in total. The molecule has 0 atom stereocenters. The zero-order chi connectivity index (χ0) is 5.28. The summed E-state index contributed by atoms with van der Waals surface area (Å²) in [5.74, 6) is 0. The fourth-order valence-corrected chi connectivity index (χ4v) is 1.14. The first-order valence-electron chi connectivity index (χ1n) is 2.24. The van der Waals surface area contributed by atoms with E-state index in [0.717, 1.165) is 0 Å². The zero-order valence-corrected chi connectivity index (χ0v) is 5.30. The molecule has 0 aliphatic heterocycles. The van der Waals surface area contributed by atoms with Gasteiger partial charge in [0.05, 0.1) is 0 Å². The molecule has 1 heteroatoms. The quantitative estimate of drug-likeness (QED) is 0.481. The van der Waals surface area contributed by atoms with Gasteiger partial charge in [0, 0.05) is 10.3 Å². The first-order chi connectivity index (χ1) is 3.29. The van der Waals surface area contributed by atoms with Gasteiger partial charge in [-0.1, -0.05) is 0 Å². The summed E-state index contributed by atoms with van der Waals surface area (Å²) in [6.45, 7) is 4.15. The summed E-state index contributed by atoms with van der Waals surface area (Å²) in [5, 5.41) is 3.11. The van der Waals surface area contributed by atoms with E-state index in [1.54, 1.807) is 11.3 Å². The molecule has 0 saturated heterocycles. The second-order valence-corrected chi connectivity index (χ2v) is 2.69. The molecule has 0 bridgehead atoms. The Morgan fingerprint density at radius 2 is 2.29 bits per heavy atom. The Hall–Kier alpha value is -0.300. The number of rotatable bonds is 0. The van der Waals surface area contributed by atoms with Crippen LogP contribution < -0.4 is 0 Å². The molecule has 0 aliphatic carbocycles. The minimum atomic E-state index is 1.25. The fraction of sp³-hybridized carbons (Fsp3) is 0.333. The van der Waals surface area contributed by atoms with Gasteiger partial charge < -0.3 is 0 Å². The van der Waals surface area contributed by atoms with Crippen LogP contribution in [0.25, 0.3) is 0 Å². The van der Waals surface area contributed by atoms with Crippen LogP contribution in [0.15, 0.2) is 6.07 Å². The molecule has 1 heterocycles. The van der Waals surface area contributed by atoms with E-state index in [2.05, 4.69) is 25.3 Å². The van der Waals surface area contributed by atoms with E-state index in [4.69, 9.17) is 0 Å². The smallest absolute Gasteiger partial charge is 0.0477 e. The molecule has 0 aromatic carbocycles. The van der Waals surface area contributed by atoms with Crippen LogP contribution in [0, 0.1) is 19.2 Å². The Morgan fingerprint density at radius 3 is 2.43 bits per heavy atom. The maximum absolute atomic E-state index is 3.11. The monoisotopic (exact) mass is 111 g/mol. The number of hydrogen-bond acceptors (Lipinski definition) is 1. The Morgan fingerprint density at radius 1 is 1.57 bits per heavy atom.